The summed E-state index contributed by atoms with van der Waals surface area (Å²) >= 11 is 17.9. The zero-order valence-corrected chi connectivity index (χ0v) is 15.8. The van der Waals surface area contributed by atoms with E-state index in [1.54, 1.807) is 12.1 Å². The van der Waals surface area contributed by atoms with Crippen molar-refractivity contribution in [1.82, 2.24) is 0 Å². The number of para-hydroxylation sites is 1. The van der Waals surface area contributed by atoms with Crippen LogP contribution in [0.5, 0.6) is 0 Å². The number of hydrogen-bond acceptors (Lipinski definition) is 2. The van der Waals surface area contributed by atoms with Gasteiger partial charge in [0, 0.05) is 5.56 Å². The van der Waals surface area contributed by atoms with Crippen LogP contribution in [0.4, 0.5) is 5.69 Å². The second-order valence-corrected chi connectivity index (χ2v) is 8.09. The summed E-state index contributed by atoms with van der Waals surface area (Å²) in [4.78, 5) is -0.133. The van der Waals surface area contributed by atoms with E-state index in [4.69, 9.17) is 34.8 Å². The van der Waals surface area contributed by atoms with Gasteiger partial charge in [-0.3, -0.25) is 4.72 Å². The first-order valence-corrected chi connectivity index (χ1v) is 9.82. The van der Waals surface area contributed by atoms with Crippen molar-refractivity contribution >= 4 is 50.5 Å². The molecule has 3 rings (SSSR count). The van der Waals surface area contributed by atoms with Gasteiger partial charge in [-0.1, -0.05) is 83.3 Å². The Bertz CT molecular complexity index is 1020. The van der Waals surface area contributed by atoms with Crippen LogP contribution in [0.3, 0.4) is 0 Å². The van der Waals surface area contributed by atoms with E-state index in [1.807, 2.05) is 42.5 Å². The van der Waals surface area contributed by atoms with Gasteiger partial charge in [0.05, 0.1) is 20.8 Å². The highest BCUT2D eigenvalue weighted by molar-refractivity contribution is 7.92. The Balaban J connectivity index is 2.05. The molecule has 1 N–H and O–H groups in total. The van der Waals surface area contributed by atoms with Gasteiger partial charge in [-0.25, -0.2) is 8.42 Å². The van der Waals surface area contributed by atoms with Crippen molar-refractivity contribution in [3.63, 3.8) is 0 Å². The highest BCUT2D eigenvalue weighted by atomic mass is 35.5. The lowest BCUT2D eigenvalue weighted by Crippen LogP contribution is -2.14. The molecule has 3 nitrogen and oxygen atoms in total. The van der Waals surface area contributed by atoms with E-state index in [0.29, 0.717) is 5.69 Å². The standard InChI is InChI=1S/C18H12Cl3NO2S/c19-14-10-16(21)18(11-15(14)20)25(23,24)22-17-9-5-4-8-13(17)12-6-2-1-3-7-12/h1-11,22H. The Morgan fingerprint density at radius 2 is 1.32 bits per heavy atom. The Hall–Kier alpha value is -1.72. The van der Waals surface area contributed by atoms with Crippen LogP contribution in [0.15, 0.2) is 71.6 Å². The molecular weight excluding hydrogens is 401 g/mol. The van der Waals surface area contributed by atoms with Gasteiger partial charge in [0.1, 0.15) is 4.90 Å². The summed E-state index contributed by atoms with van der Waals surface area (Å²) in [7, 11) is -3.94. The molecule has 0 unspecified atom stereocenters. The zero-order chi connectivity index (χ0) is 18.0. The average Bonchev–Trinajstić information content (AvgIpc) is 2.59. The molecule has 0 aliphatic carbocycles. The van der Waals surface area contributed by atoms with Crippen LogP contribution in [-0.4, -0.2) is 8.42 Å². The van der Waals surface area contributed by atoms with Crippen molar-refractivity contribution in [2.45, 2.75) is 4.90 Å². The zero-order valence-electron chi connectivity index (χ0n) is 12.7. The maximum absolute atomic E-state index is 12.8. The molecule has 25 heavy (non-hydrogen) atoms. The van der Waals surface area contributed by atoms with Crippen LogP contribution in [0.1, 0.15) is 0 Å². The maximum Gasteiger partial charge on any atom is 0.263 e. The summed E-state index contributed by atoms with van der Waals surface area (Å²) in [5.74, 6) is 0. The van der Waals surface area contributed by atoms with Gasteiger partial charge in [-0.2, -0.15) is 0 Å². The molecule has 3 aromatic rings. The maximum atomic E-state index is 12.8. The summed E-state index contributed by atoms with van der Waals surface area (Å²) < 4.78 is 28.1. The molecule has 0 aliphatic heterocycles. The highest BCUT2D eigenvalue weighted by Crippen LogP contribution is 2.34. The molecule has 0 spiro atoms. The summed E-state index contributed by atoms with van der Waals surface area (Å²) in [6.45, 7) is 0. The van der Waals surface area contributed by atoms with Gasteiger partial charge >= 0.3 is 0 Å². The summed E-state index contributed by atoms with van der Waals surface area (Å²) in [5.41, 5.74) is 2.08. The Labute approximate surface area is 161 Å². The summed E-state index contributed by atoms with van der Waals surface area (Å²) in [5, 5.41) is 0.303. The van der Waals surface area contributed by atoms with E-state index in [-0.39, 0.29) is 20.0 Å². The first-order valence-electron chi connectivity index (χ1n) is 7.20. The third-order valence-electron chi connectivity index (χ3n) is 3.52. The lowest BCUT2D eigenvalue weighted by Gasteiger charge is -2.14. The monoisotopic (exact) mass is 411 g/mol. The van der Waals surface area contributed by atoms with Crippen molar-refractivity contribution < 1.29 is 8.42 Å². The molecular formula is C18H12Cl3NO2S. The lowest BCUT2D eigenvalue weighted by atomic mass is 10.0. The number of sulfonamides is 1. The van der Waals surface area contributed by atoms with E-state index in [0.717, 1.165) is 11.1 Å². The molecule has 0 fully saturated rings. The molecule has 3 aromatic carbocycles. The Morgan fingerprint density at radius 3 is 2.04 bits per heavy atom. The van der Waals surface area contributed by atoms with E-state index in [9.17, 15) is 8.42 Å². The fourth-order valence-electron chi connectivity index (χ4n) is 2.35. The first-order chi connectivity index (χ1) is 11.9. The Kier molecular flexibility index (Phi) is 5.25. The van der Waals surface area contributed by atoms with Gasteiger partial charge in [-0.15, -0.1) is 0 Å². The normalized spacial score (nSPS) is 11.3. The van der Waals surface area contributed by atoms with E-state index in [2.05, 4.69) is 4.72 Å². The van der Waals surface area contributed by atoms with Gasteiger partial charge in [0.2, 0.25) is 0 Å². The number of hydrogen-bond donors (Lipinski definition) is 1. The molecule has 0 bridgehead atoms. The van der Waals surface area contributed by atoms with Crippen molar-refractivity contribution in [3.8, 4) is 11.1 Å². The topological polar surface area (TPSA) is 46.2 Å². The van der Waals surface area contributed by atoms with Crippen LogP contribution >= 0.6 is 34.8 Å². The van der Waals surface area contributed by atoms with Crippen LogP contribution < -0.4 is 4.72 Å². The lowest BCUT2D eigenvalue weighted by molar-refractivity contribution is 0.601. The predicted molar refractivity (Wildman–Crippen MR) is 104 cm³/mol. The average molecular weight is 413 g/mol. The molecule has 0 saturated heterocycles. The van der Waals surface area contributed by atoms with Crippen LogP contribution in [0.2, 0.25) is 15.1 Å². The minimum Gasteiger partial charge on any atom is -0.279 e. The quantitative estimate of drug-likeness (QED) is 0.525. The molecule has 0 atom stereocenters. The van der Waals surface area contributed by atoms with Crippen molar-refractivity contribution in [3.05, 3.63) is 81.8 Å². The minimum absolute atomic E-state index is 0.000841. The summed E-state index contributed by atoms with van der Waals surface area (Å²) in [6.07, 6.45) is 0. The Morgan fingerprint density at radius 1 is 0.720 bits per heavy atom. The van der Waals surface area contributed by atoms with Crippen LogP contribution in [0.25, 0.3) is 11.1 Å². The minimum atomic E-state index is -3.94. The molecule has 7 heteroatoms. The summed E-state index contributed by atoms with van der Waals surface area (Å²) in [6, 6.07) is 19.1. The van der Waals surface area contributed by atoms with Crippen LogP contribution in [0, 0.1) is 0 Å². The third kappa shape index (κ3) is 3.93. The molecule has 0 heterocycles. The third-order valence-corrected chi connectivity index (χ3v) is 6.07. The second-order valence-electron chi connectivity index (χ2n) is 5.21. The smallest absolute Gasteiger partial charge is 0.263 e. The van der Waals surface area contributed by atoms with E-state index in [1.165, 1.54) is 12.1 Å². The van der Waals surface area contributed by atoms with E-state index >= 15 is 0 Å². The fraction of sp³-hybridized carbons (Fsp3) is 0. The second kappa shape index (κ2) is 7.26. The number of halogens is 3. The van der Waals surface area contributed by atoms with Crippen molar-refractivity contribution in [2.75, 3.05) is 4.72 Å². The fourth-order valence-corrected chi connectivity index (χ4v) is 4.43. The molecule has 128 valence electrons. The SMILES string of the molecule is O=S(=O)(Nc1ccccc1-c1ccccc1)c1cc(Cl)c(Cl)cc1Cl. The molecule has 0 radical (unpaired) electrons. The van der Waals surface area contributed by atoms with E-state index < -0.39 is 10.0 Å². The number of rotatable bonds is 4. The number of nitrogens with one attached hydrogen (secondary N) is 1. The van der Waals surface area contributed by atoms with Crippen LogP contribution in [-0.2, 0) is 10.0 Å². The van der Waals surface area contributed by atoms with Gasteiger partial charge < -0.3 is 0 Å². The predicted octanol–water partition coefficient (Wildman–Crippen LogP) is 6.11. The van der Waals surface area contributed by atoms with Gasteiger partial charge in [-0.05, 0) is 23.8 Å². The van der Waals surface area contributed by atoms with Crippen molar-refractivity contribution in [1.29, 1.82) is 0 Å². The molecule has 0 aliphatic rings. The molecule has 0 aromatic heterocycles. The molecule has 0 saturated carbocycles. The van der Waals surface area contributed by atoms with Crippen molar-refractivity contribution in [2.24, 2.45) is 0 Å². The largest absolute Gasteiger partial charge is 0.279 e. The van der Waals surface area contributed by atoms with Gasteiger partial charge in [0.25, 0.3) is 10.0 Å². The van der Waals surface area contributed by atoms with Gasteiger partial charge in [0.15, 0.2) is 0 Å². The number of anilines is 1. The highest BCUT2D eigenvalue weighted by Gasteiger charge is 2.21. The molecule has 0 amide bonds. The number of benzene rings is 3. The first kappa shape index (κ1) is 18.1.